The van der Waals surface area contributed by atoms with E-state index in [9.17, 15) is 9.59 Å². The van der Waals surface area contributed by atoms with Crippen LogP contribution in [0.1, 0.15) is 32.3 Å². The summed E-state index contributed by atoms with van der Waals surface area (Å²) in [5.41, 5.74) is 6.63. The molecule has 2 amide bonds. The maximum atomic E-state index is 12.8. The average molecular weight is 331 g/mol. The normalized spacial score (nSPS) is 17.8. The maximum Gasteiger partial charge on any atom is 0.245 e. The third-order valence-corrected chi connectivity index (χ3v) is 4.65. The topological polar surface area (TPSA) is 66.6 Å². The number of amides is 2. The fraction of sp³-hybridized carbons (Fsp3) is 0.579. The summed E-state index contributed by atoms with van der Waals surface area (Å²) in [6.07, 6.45) is 1.97. The van der Waals surface area contributed by atoms with Crippen molar-refractivity contribution in [3.8, 4) is 0 Å². The Labute approximate surface area is 144 Å². The fourth-order valence-corrected chi connectivity index (χ4v) is 3.23. The molecule has 0 radical (unpaired) electrons. The molecule has 1 aliphatic rings. The van der Waals surface area contributed by atoms with Crippen LogP contribution in [0.3, 0.4) is 0 Å². The zero-order valence-corrected chi connectivity index (χ0v) is 15.0. The van der Waals surface area contributed by atoms with Gasteiger partial charge in [0.2, 0.25) is 11.8 Å². The van der Waals surface area contributed by atoms with E-state index in [1.165, 1.54) is 0 Å². The summed E-state index contributed by atoms with van der Waals surface area (Å²) in [7, 11) is 1.80. The highest BCUT2D eigenvalue weighted by atomic mass is 16.2. The first-order valence-electron chi connectivity index (χ1n) is 8.62. The summed E-state index contributed by atoms with van der Waals surface area (Å²) in [5.74, 6) is 0.0546. The number of rotatable bonds is 6. The second kappa shape index (κ2) is 7.79. The molecule has 2 N–H and O–H groups in total. The van der Waals surface area contributed by atoms with Crippen LogP contribution >= 0.6 is 0 Å². The van der Waals surface area contributed by atoms with E-state index in [1.807, 2.05) is 44.2 Å². The number of nitrogens with two attached hydrogens (primary N) is 1. The zero-order chi connectivity index (χ0) is 17.7. The van der Waals surface area contributed by atoms with Gasteiger partial charge in [0.1, 0.15) is 6.04 Å². The van der Waals surface area contributed by atoms with E-state index in [1.54, 1.807) is 16.8 Å². The van der Waals surface area contributed by atoms with Crippen LogP contribution in [0.15, 0.2) is 30.3 Å². The molecule has 1 heterocycles. The Hall–Kier alpha value is -1.88. The molecule has 0 aromatic heterocycles. The number of carbonyl (C=O) groups is 2. The number of hydrogen-bond acceptors (Lipinski definition) is 3. The average Bonchev–Trinajstić information content (AvgIpc) is 3.04. The van der Waals surface area contributed by atoms with Crippen LogP contribution in [-0.2, 0) is 16.0 Å². The Balaban J connectivity index is 2.01. The van der Waals surface area contributed by atoms with Crippen molar-refractivity contribution in [2.45, 2.75) is 39.2 Å². The molecule has 0 aliphatic carbocycles. The third kappa shape index (κ3) is 4.57. The summed E-state index contributed by atoms with van der Waals surface area (Å²) >= 11 is 0. The van der Waals surface area contributed by atoms with Crippen LogP contribution in [0.4, 0.5) is 0 Å². The second-order valence-corrected chi connectivity index (χ2v) is 7.47. The number of nitrogens with zero attached hydrogens (tertiary/aromatic N) is 2. The van der Waals surface area contributed by atoms with Crippen molar-refractivity contribution in [3.05, 3.63) is 35.9 Å². The molecule has 1 fully saturated rings. The quantitative estimate of drug-likeness (QED) is 0.862. The van der Waals surface area contributed by atoms with E-state index in [2.05, 4.69) is 0 Å². The van der Waals surface area contributed by atoms with Gasteiger partial charge in [-0.25, -0.2) is 0 Å². The Kier molecular flexibility index (Phi) is 5.99. The summed E-state index contributed by atoms with van der Waals surface area (Å²) in [4.78, 5) is 28.9. The molecule has 1 aliphatic heterocycles. The predicted molar refractivity (Wildman–Crippen MR) is 95.4 cm³/mol. The standard InChI is InChI=1S/C19H29N3O2/c1-19(2,13-20)14-21(3)18(24)16-10-7-11-22(16)17(23)12-15-8-5-4-6-9-15/h4-6,8-9,16H,7,10-14,20H2,1-3H3. The lowest BCUT2D eigenvalue weighted by Gasteiger charge is -2.33. The first kappa shape index (κ1) is 18.5. The summed E-state index contributed by atoms with van der Waals surface area (Å²) in [6, 6.07) is 9.35. The van der Waals surface area contributed by atoms with Gasteiger partial charge in [0, 0.05) is 20.1 Å². The molecule has 1 atom stereocenters. The third-order valence-electron chi connectivity index (χ3n) is 4.65. The van der Waals surface area contributed by atoms with Gasteiger partial charge in [-0.1, -0.05) is 44.2 Å². The molecule has 1 aromatic rings. The van der Waals surface area contributed by atoms with Gasteiger partial charge < -0.3 is 15.5 Å². The van der Waals surface area contributed by atoms with Gasteiger partial charge in [-0.15, -0.1) is 0 Å². The van der Waals surface area contributed by atoms with Gasteiger partial charge in [0.05, 0.1) is 6.42 Å². The highest BCUT2D eigenvalue weighted by Crippen LogP contribution is 2.22. The minimum atomic E-state index is -0.334. The number of hydrogen-bond donors (Lipinski definition) is 1. The van der Waals surface area contributed by atoms with Gasteiger partial charge in [0.15, 0.2) is 0 Å². The van der Waals surface area contributed by atoms with Crippen LogP contribution in [-0.4, -0.2) is 54.3 Å². The minimum Gasteiger partial charge on any atom is -0.343 e. The van der Waals surface area contributed by atoms with Crippen molar-refractivity contribution >= 4 is 11.8 Å². The molecule has 5 nitrogen and oxygen atoms in total. The Morgan fingerprint density at radius 3 is 2.58 bits per heavy atom. The fourth-order valence-electron chi connectivity index (χ4n) is 3.23. The van der Waals surface area contributed by atoms with Gasteiger partial charge in [-0.05, 0) is 30.4 Å². The largest absolute Gasteiger partial charge is 0.343 e. The Morgan fingerprint density at radius 1 is 1.29 bits per heavy atom. The Morgan fingerprint density at radius 2 is 1.96 bits per heavy atom. The molecule has 132 valence electrons. The lowest BCUT2D eigenvalue weighted by atomic mass is 9.93. The number of likely N-dealkylation sites (N-methyl/N-ethyl adjacent to an activating group) is 1. The van der Waals surface area contributed by atoms with Crippen molar-refractivity contribution in [1.82, 2.24) is 9.80 Å². The van der Waals surface area contributed by atoms with E-state index in [-0.39, 0.29) is 23.3 Å². The smallest absolute Gasteiger partial charge is 0.245 e. The molecular formula is C19H29N3O2. The summed E-state index contributed by atoms with van der Waals surface area (Å²) in [5, 5.41) is 0. The number of likely N-dealkylation sites (tertiary alicyclic amines) is 1. The SMILES string of the molecule is CN(CC(C)(C)CN)C(=O)C1CCCN1C(=O)Cc1ccccc1. The van der Waals surface area contributed by atoms with Crippen molar-refractivity contribution < 1.29 is 9.59 Å². The molecule has 24 heavy (non-hydrogen) atoms. The van der Waals surface area contributed by atoms with Crippen molar-refractivity contribution in [1.29, 1.82) is 0 Å². The molecule has 1 unspecified atom stereocenters. The highest BCUT2D eigenvalue weighted by molar-refractivity contribution is 5.89. The van der Waals surface area contributed by atoms with E-state index in [0.29, 0.717) is 26.1 Å². The van der Waals surface area contributed by atoms with E-state index < -0.39 is 0 Å². The molecule has 2 rings (SSSR count). The summed E-state index contributed by atoms with van der Waals surface area (Å²) < 4.78 is 0. The van der Waals surface area contributed by atoms with Crippen LogP contribution in [0.5, 0.6) is 0 Å². The molecule has 1 saturated heterocycles. The molecule has 0 spiro atoms. The number of benzene rings is 1. The second-order valence-electron chi connectivity index (χ2n) is 7.47. The first-order chi connectivity index (χ1) is 11.3. The van der Waals surface area contributed by atoms with E-state index in [4.69, 9.17) is 5.73 Å². The van der Waals surface area contributed by atoms with Crippen molar-refractivity contribution in [2.75, 3.05) is 26.7 Å². The molecule has 0 saturated carbocycles. The van der Waals surface area contributed by atoms with Gasteiger partial charge >= 0.3 is 0 Å². The van der Waals surface area contributed by atoms with Crippen molar-refractivity contribution in [2.24, 2.45) is 11.1 Å². The van der Waals surface area contributed by atoms with Gasteiger partial charge in [-0.2, -0.15) is 0 Å². The number of carbonyl (C=O) groups excluding carboxylic acids is 2. The van der Waals surface area contributed by atoms with Gasteiger partial charge in [-0.3, -0.25) is 9.59 Å². The van der Waals surface area contributed by atoms with Crippen molar-refractivity contribution in [3.63, 3.8) is 0 Å². The van der Waals surface area contributed by atoms with Crippen LogP contribution in [0, 0.1) is 5.41 Å². The molecular weight excluding hydrogens is 302 g/mol. The van der Waals surface area contributed by atoms with Crippen LogP contribution in [0.2, 0.25) is 0 Å². The zero-order valence-electron chi connectivity index (χ0n) is 15.0. The lowest BCUT2D eigenvalue weighted by molar-refractivity contribution is -0.143. The monoisotopic (exact) mass is 331 g/mol. The maximum absolute atomic E-state index is 12.8. The lowest BCUT2D eigenvalue weighted by Crippen LogP contribution is -2.49. The molecule has 5 heteroatoms. The summed E-state index contributed by atoms with van der Waals surface area (Å²) in [6.45, 7) is 5.87. The highest BCUT2D eigenvalue weighted by Gasteiger charge is 2.36. The van der Waals surface area contributed by atoms with Crippen LogP contribution < -0.4 is 5.73 Å². The minimum absolute atomic E-state index is 0.0236. The molecule has 1 aromatic carbocycles. The van der Waals surface area contributed by atoms with E-state index in [0.717, 1.165) is 18.4 Å². The van der Waals surface area contributed by atoms with E-state index >= 15 is 0 Å². The van der Waals surface area contributed by atoms with Gasteiger partial charge in [0.25, 0.3) is 0 Å². The first-order valence-corrected chi connectivity index (χ1v) is 8.62. The predicted octanol–water partition coefficient (Wildman–Crippen LogP) is 1.66. The molecule has 0 bridgehead atoms. The van der Waals surface area contributed by atoms with Crippen LogP contribution in [0.25, 0.3) is 0 Å². The Bertz CT molecular complexity index is 571.